The summed E-state index contributed by atoms with van der Waals surface area (Å²) in [5.74, 6) is 0.735. The van der Waals surface area contributed by atoms with Gasteiger partial charge in [-0.1, -0.05) is 30.3 Å². The molecule has 3 aromatic rings. The van der Waals surface area contributed by atoms with E-state index in [1.165, 1.54) is 44.6 Å². The lowest BCUT2D eigenvalue weighted by molar-refractivity contribution is -0.137. The SMILES string of the molecule is COc1ccc(N(Cc2ccc(C(F)(F)F)cc2)S(=O)(=O)c2ccccc2)cc1OC. The van der Waals surface area contributed by atoms with E-state index in [-0.39, 0.29) is 17.1 Å². The van der Waals surface area contributed by atoms with Crippen LogP contribution in [0.3, 0.4) is 0 Å². The number of hydrogen-bond donors (Lipinski definition) is 0. The first kappa shape index (κ1) is 22.5. The molecule has 0 atom stereocenters. The second-order valence-electron chi connectivity index (χ2n) is 6.56. The molecule has 0 bridgehead atoms. The van der Waals surface area contributed by atoms with E-state index in [0.29, 0.717) is 17.1 Å². The molecule has 0 saturated heterocycles. The van der Waals surface area contributed by atoms with Gasteiger partial charge in [-0.3, -0.25) is 4.31 Å². The average molecular weight is 451 g/mol. The summed E-state index contributed by atoms with van der Waals surface area (Å²) >= 11 is 0. The largest absolute Gasteiger partial charge is 0.493 e. The molecule has 0 heterocycles. The predicted octanol–water partition coefficient (Wildman–Crippen LogP) is 5.12. The van der Waals surface area contributed by atoms with E-state index >= 15 is 0 Å². The van der Waals surface area contributed by atoms with E-state index in [1.807, 2.05) is 0 Å². The summed E-state index contributed by atoms with van der Waals surface area (Å²) in [4.78, 5) is 0.0525. The monoisotopic (exact) mass is 451 g/mol. The Hall–Kier alpha value is -3.20. The van der Waals surface area contributed by atoms with Crippen molar-refractivity contribution in [1.29, 1.82) is 0 Å². The second kappa shape index (κ2) is 8.89. The van der Waals surface area contributed by atoms with Crippen LogP contribution in [0.5, 0.6) is 11.5 Å². The van der Waals surface area contributed by atoms with Crippen molar-refractivity contribution >= 4 is 15.7 Å². The van der Waals surface area contributed by atoms with Crippen LogP contribution < -0.4 is 13.8 Å². The van der Waals surface area contributed by atoms with Crippen molar-refractivity contribution in [2.24, 2.45) is 0 Å². The summed E-state index contributed by atoms with van der Waals surface area (Å²) in [5.41, 5.74) is -0.136. The maximum absolute atomic E-state index is 13.4. The topological polar surface area (TPSA) is 55.8 Å². The molecule has 0 aromatic heterocycles. The second-order valence-corrected chi connectivity index (χ2v) is 8.42. The summed E-state index contributed by atoms with van der Waals surface area (Å²) < 4.78 is 77.0. The van der Waals surface area contributed by atoms with Crippen molar-refractivity contribution < 1.29 is 31.1 Å². The minimum Gasteiger partial charge on any atom is -0.493 e. The van der Waals surface area contributed by atoms with Crippen LogP contribution in [0.2, 0.25) is 0 Å². The minimum absolute atomic E-state index is 0.0525. The van der Waals surface area contributed by atoms with Gasteiger partial charge in [0.05, 0.1) is 36.9 Å². The molecule has 3 aromatic carbocycles. The number of nitrogens with zero attached hydrogens (tertiary/aromatic N) is 1. The van der Waals surface area contributed by atoms with Crippen molar-refractivity contribution in [3.05, 3.63) is 83.9 Å². The molecule has 31 heavy (non-hydrogen) atoms. The Morgan fingerprint density at radius 3 is 2.00 bits per heavy atom. The quantitative estimate of drug-likeness (QED) is 0.501. The molecule has 0 aliphatic rings. The number of methoxy groups -OCH3 is 2. The highest BCUT2D eigenvalue weighted by Gasteiger charge is 2.31. The number of rotatable bonds is 7. The van der Waals surface area contributed by atoms with Crippen LogP contribution in [-0.2, 0) is 22.7 Å². The number of halogens is 3. The van der Waals surface area contributed by atoms with Gasteiger partial charge >= 0.3 is 6.18 Å². The molecular weight excluding hydrogens is 431 g/mol. The van der Waals surface area contributed by atoms with E-state index in [2.05, 4.69) is 0 Å². The van der Waals surface area contributed by atoms with Gasteiger partial charge in [0.1, 0.15) is 0 Å². The van der Waals surface area contributed by atoms with Crippen LogP contribution in [-0.4, -0.2) is 22.6 Å². The van der Waals surface area contributed by atoms with Gasteiger partial charge in [0.2, 0.25) is 0 Å². The summed E-state index contributed by atoms with van der Waals surface area (Å²) in [6.07, 6.45) is -4.47. The third-order valence-corrected chi connectivity index (χ3v) is 6.38. The number of anilines is 1. The Labute approximate surface area is 178 Å². The molecule has 0 fully saturated rings. The maximum Gasteiger partial charge on any atom is 0.416 e. The lowest BCUT2D eigenvalue weighted by Gasteiger charge is -2.25. The zero-order chi connectivity index (χ0) is 22.6. The summed E-state index contributed by atoms with van der Waals surface area (Å²) in [7, 11) is -1.14. The molecule has 0 aliphatic heterocycles. The van der Waals surface area contributed by atoms with Gasteiger partial charge in [0.25, 0.3) is 10.0 Å². The molecule has 9 heteroatoms. The van der Waals surface area contributed by atoms with Gasteiger partial charge in [0.15, 0.2) is 11.5 Å². The Morgan fingerprint density at radius 1 is 0.839 bits per heavy atom. The predicted molar refractivity (Wildman–Crippen MR) is 111 cm³/mol. The standard InChI is InChI=1S/C22H20F3NO4S/c1-29-20-13-12-18(14-21(20)30-2)26(31(27,28)19-6-4-3-5-7-19)15-16-8-10-17(11-9-16)22(23,24)25/h3-14H,15H2,1-2H3. The van der Waals surface area contributed by atoms with Crippen molar-refractivity contribution in [1.82, 2.24) is 0 Å². The molecule has 0 amide bonds. The molecule has 0 spiro atoms. The van der Waals surface area contributed by atoms with Crippen LogP contribution in [0.15, 0.2) is 77.7 Å². The number of alkyl halides is 3. The van der Waals surface area contributed by atoms with Crippen LogP contribution in [0.25, 0.3) is 0 Å². The maximum atomic E-state index is 13.4. The Morgan fingerprint density at radius 2 is 1.45 bits per heavy atom. The minimum atomic E-state index is -4.47. The number of sulfonamides is 1. The van der Waals surface area contributed by atoms with Crippen LogP contribution in [0.1, 0.15) is 11.1 Å². The molecule has 3 rings (SSSR count). The van der Waals surface area contributed by atoms with Gasteiger partial charge in [-0.25, -0.2) is 8.42 Å². The molecular formula is C22H20F3NO4S. The van der Waals surface area contributed by atoms with Crippen LogP contribution in [0, 0.1) is 0 Å². The molecule has 164 valence electrons. The third-order valence-electron chi connectivity index (χ3n) is 4.59. The van der Waals surface area contributed by atoms with Crippen LogP contribution in [0.4, 0.5) is 18.9 Å². The summed E-state index contributed by atoms with van der Waals surface area (Å²) in [6, 6.07) is 16.8. The molecule has 0 aliphatic carbocycles. The Bertz CT molecular complexity index is 1130. The fraction of sp³-hybridized carbons (Fsp3) is 0.182. The zero-order valence-corrected chi connectivity index (χ0v) is 17.6. The fourth-order valence-electron chi connectivity index (χ4n) is 2.98. The first-order chi connectivity index (χ1) is 14.7. The van der Waals surface area contributed by atoms with E-state index in [0.717, 1.165) is 16.4 Å². The van der Waals surface area contributed by atoms with Gasteiger partial charge in [0, 0.05) is 6.07 Å². The van der Waals surface area contributed by atoms with E-state index < -0.39 is 21.8 Å². The molecule has 0 unspecified atom stereocenters. The highest BCUT2D eigenvalue weighted by Crippen LogP contribution is 2.35. The number of hydrogen-bond acceptors (Lipinski definition) is 4. The van der Waals surface area contributed by atoms with Crippen molar-refractivity contribution in [2.75, 3.05) is 18.5 Å². The highest BCUT2D eigenvalue weighted by atomic mass is 32.2. The molecule has 0 saturated carbocycles. The van der Waals surface area contributed by atoms with Crippen molar-refractivity contribution in [3.8, 4) is 11.5 Å². The summed E-state index contributed by atoms with van der Waals surface area (Å²) in [6.45, 7) is -0.176. The normalized spacial score (nSPS) is 11.8. The van der Waals surface area contributed by atoms with E-state index in [4.69, 9.17) is 9.47 Å². The zero-order valence-electron chi connectivity index (χ0n) is 16.8. The number of benzene rings is 3. The molecule has 0 radical (unpaired) electrons. The van der Waals surface area contributed by atoms with Gasteiger partial charge in [-0.2, -0.15) is 13.2 Å². The van der Waals surface area contributed by atoms with E-state index in [9.17, 15) is 21.6 Å². The lowest BCUT2D eigenvalue weighted by Crippen LogP contribution is -2.30. The van der Waals surface area contributed by atoms with Crippen molar-refractivity contribution in [2.45, 2.75) is 17.6 Å². The molecule has 5 nitrogen and oxygen atoms in total. The van der Waals surface area contributed by atoms with Crippen LogP contribution >= 0.6 is 0 Å². The smallest absolute Gasteiger partial charge is 0.416 e. The van der Waals surface area contributed by atoms with Crippen molar-refractivity contribution in [3.63, 3.8) is 0 Å². The first-order valence-corrected chi connectivity index (χ1v) is 10.6. The van der Waals surface area contributed by atoms with Gasteiger partial charge in [-0.15, -0.1) is 0 Å². The molecule has 0 N–H and O–H groups in total. The first-order valence-electron chi connectivity index (χ1n) is 9.13. The third kappa shape index (κ3) is 4.93. The fourth-order valence-corrected chi connectivity index (χ4v) is 4.45. The number of ether oxygens (including phenoxy) is 2. The Kier molecular flexibility index (Phi) is 6.45. The average Bonchev–Trinajstić information content (AvgIpc) is 2.77. The van der Waals surface area contributed by atoms with Gasteiger partial charge in [-0.05, 0) is 42.0 Å². The van der Waals surface area contributed by atoms with E-state index in [1.54, 1.807) is 30.3 Å². The summed E-state index contributed by atoms with van der Waals surface area (Å²) in [5, 5.41) is 0. The highest BCUT2D eigenvalue weighted by molar-refractivity contribution is 7.92. The Balaban J connectivity index is 2.07. The lowest BCUT2D eigenvalue weighted by atomic mass is 10.1. The van der Waals surface area contributed by atoms with Gasteiger partial charge < -0.3 is 9.47 Å².